The molecule has 98 valence electrons. The van der Waals surface area contributed by atoms with Crippen LogP contribution in [0, 0.1) is 24.1 Å². The highest BCUT2D eigenvalue weighted by molar-refractivity contribution is 5.83. The number of para-hydroxylation sites is 1. The van der Waals surface area contributed by atoms with E-state index >= 15 is 0 Å². The molecule has 0 aliphatic carbocycles. The van der Waals surface area contributed by atoms with Crippen LogP contribution in [0.3, 0.4) is 0 Å². The standard InChI is InChI=1S/C15H11FN4/c1-9-3-2-4-12-14(9)20(15(18)19-12)13-6-5-10(8-17)7-11(13)16/h2-7H,1H3,(H2,18,19). The number of benzene rings is 2. The van der Waals surface area contributed by atoms with Gasteiger partial charge in [0.1, 0.15) is 5.82 Å². The molecule has 20 heavy (non-hydrogen) atoms. The topological polar surface area (TPSA) is 67.6 Å². The third-order valence-corrected chi connectivity index (χ3v) is 3.22. The zero-order valence-corrected chi connectivity index (χ0v) is 10.8. The Hall–Kier alpha value is -2.87. The van der Waals surface area contributed by atoms with Crippen LogP contribution in [-0.4, -0.2) is 9.55 Å². The molecule has 0 unspecified atom stereocenters. The van der Waals surface area contributed by atoms with Gasteiger partial charge in [0.15, 0.2) is 0 Å². The first-order valence-corrected chi connectivity index (χ1v) is 6.05. The Morgan fingerprint density at radius 2 is 2.10 bits per heavy atom. The largest absolute Gasteiger partial charge is 0.369 e. The molecular weight excluding hydrogens is 255 g/mol. The number of nitrogen functional groups attached to an aromatic ring is 1. The predicted octanol–water partition coefficient (Wildman–Crippen LogP) is 2.93. The third kappa shape index (κ3) is 1.70. The Morgan fingerprint density at radius 1 is 1.30 bits per heavy atom. The highest BCUT2D eigenvalue weighted by atomic mass is 19.1. The van der Waals surface area contributed by atoms with Gasteiger partial charge >= 0.3 is 0 Å². The summed E-state index contributed by atoms with van der Waals surface area (Å²) in [7, 11) is 0. The van der Waals surface area contributed by atoms with Gasteiger partial charge in [-0.3, -0.25) is 4.57 Å². The van der Waals surface area contributed by atoms with E-state index in [2.05, 4.69) is 4.98 Å². The molecule has 0 radical (unpaired) electrons. The molecule has 1 heterocycles. The van der Waals surface area contributed by atoms with Crippen molar-refractivity contribution >= 4 is 17.0 Å². The van der Waals surface area contributed by atoms with Gasteiger partial charge in [-0.05, 0) is 36.8 Å². The van der Waals surface area contributed by atoms with Crippen molar-refractivity contribution in [2.75, 3.05) is 5.73 Å². The molecule has 3 aromatic rings. The lowest BCUT2D eigenvalue weighted by molar-refractivity contribution is 0.619. The Bertz CT molecular complexity index is 858. The van der Waals surface area contributed by atoms with E-state index in [1.54, 1.807) is 10.6 Å². The second-order valence-electron chi connectivity index (χ2n) is 4.53. The molecule has 5 heteroatoms. The second-order valence-corrected chi connectivity index (χ2v) is 4.53. The number of hydrogen-bond donors (Lipinski definition) is 1. The summed E-state index contributed by atoms with van der Waals surface area (Å²) < 4.78 is 15.8. The van der Waals surface area contributed by atoms with Gasteiger partial charge in [-0.15, -0.1) is 0 Å². The quantitative estimate of drug-likeness (QED) is 0.736. The lowest BCUT2D eigenvalue weighted by Gasteiger charge is -2.09. The van der Waals surface area contributed by atoms with Gasteiger partial charge in [0.25, 0.3) is 0 Å². The van der Waals surface area contributed by atoms with Crippen LogP contribution < -0.4 is 5.73 Å². The molecule has 0 spiro atoms. The number of rotatable bonds is 1. The fourth-order valence-electron chi connectivity index (χ4n) is 2.31. The van der Waals surface area contributed by atoms with Crippen LogP contribution >= 0.6 is 0 Å². The number of fused-ring (bicyclic) bond motifs is 1. The van der Waals surface area contributed by atoms with Gasteiger partial charge in [0, 0.05) is 0 Å². The Kier molecular flexibility index (Phi) is 2.65. The highest BCUT2D eigenvalue weighted by Gasteiger charge is 2.15. The first-order valence-electron chi connectivity index (χ1n) is 6.05. The van der Waals surface area contributed by atoms with Crippen LogP contribution in [0.1, 0.15) is 11.1 Å². The van der Waals surface area contributed by atoms with Gasteiger partial charge in [-0.2, -0.15) is 5.26 Å². The summed E-state index contributed by atoms with van der Waals surface area (Å²) in [5, 5.41) is 8.79. The number of nitrogens with two attached hydrogens (primary N) is 1. The molecule has 4 nitrogen and oxygen atoms in total. The second kappa shape index (κ2) is 4.35. The number of imidazole rings is 1. The van der Waals surface area contributed by atoms with Crippen LogP contribution in [0.5, 0.6) is 0 Å². The molecular formula is C15H11FN4. The minimum Gasteiger partial charge on any atom is -0.369 e. The van der Waals surface area contributed by atoms with Crippen LogP contribution in [0.4, 0.5) is 10.3 Å². The summed E-state index contributed by atoms with van der Waals surface area (Å²) in [6.45, 7) is 1.92. The van der Waals surface area contributed by atoms with Crippen molar-refractivity contribution in [3.05, 3.63) is 53.3 Å². The SMILES string of the molecule is Cc1cccc2nc(N)n(-c3ccc(C#N)cc3F)c12. The number of nitriles is 1. The number of nitrogens with zero attached hydrogens (tertiary/aromatic N) is 3. The molecule has 0 atom stereocenters. The molecule has 2 N–H and O–H groups in total. The summed E-state index contributed by atoms with van der Waals surface area (Å²) in [4.78, 5) is 4.24. The molecule has 0 aliphatic heterocycles. The van der Waals surface area contributed by atoms with E-state index in [1.807, 2.05) is 31.2 Å². The fraction of sp³-hybridized carbons (Fsp3) is 0.0667. The Labute approximate surface area is 114 Å². The van der Waals surface area contributed by atoms with Gasteiger partial charge < -0.3 is 5.73 Å². The van der Waals surface area contributed by atoms with Crippen molar-refractivity contribution in [2.45, 2.75) is 6.92 Å². The van der Waals surface area contributed by atoms with Gasteiger partial charge in [0.05, 0.1) is 28.4 Å². The van der Waals surface area contributed by atoms with Crippen LogP contribution in [0.2, 0.25) is 0 Å². The Balaban J connectivity index is 2.35. The van der Waals surface area contributed by atoms with E-state index in [4.69, 9.17) is 11.0 Å². The first kappa shape index (κ1) is 12.2. The summed E-state index contributed by atoms with van der Waals surface area (Å²) in [5.74, 6) is -0.281. The van der Waals surface area contributed by atoms with Crippen molar-refractivity contribution in [1.29, 1.82) is 5.26 Å². The third-order valence-electron chi connectivity index (χ3n) is 3.22. The van der Waals surface area contributed by atoms with E-state index in [1.165, 1.54) is 12.1 Å². The van der Waals surface area contributed by atoms with E-state index in [9.17, 15) is 4.39 Å². The minimum absolute atomic E-state index is 0.220. The van der Waals surface area contributed by atoms with Crippen molar-refractivity contribution in [1.82, 2.24) is 9.55 Å². The van der Waals surface area contributed by atoms with E-state index in [0.29, 0.717) is 11.2 Å². The van der Waals surface area contributed by atoms with Crippen molar-refractivity contribution in [3.63, 3.8) is 0 Å². The van der Waals surface area contributed by atoms with Crippen LogP contribution in [0.15, 0.2) is 36.4 Å². The summed E-state index contributed by atoms with van der Waals surface area (Å²) in [5.41, 5.74) is 8.91. The minimum atomic E-state index is -0.502. The number of anilines is 1. The Morgan fingerprint density at radius 3 is 2.80 bits per heavy atom. The van der Waals surface area contributed by atoms with Gasteiger partial charge in [-0.25, -0.2) is 9.37 Å². The summed E-state index contributed by atoms with van der Waals surface area (Å²) in [6, 6.07) is 11.8. The molecule has 3 rings (SSSR count). The zero-order chi connectivity index (χ0) is 14.3. The average Bonchev–Trinajstić information content (AvgIpc) is 2.76. The molecule has 0 aliphatic rings. The molecule has 0 saturated heterocycles. The monoisotopic (exact) mass is 266 g/mol. The molecule has 0 fully saturated rings. The lowest BCUT2D eigenvalue weighted by Crippen LogP contribution is -2.04. The highest BCUT2D eigenvalue weighted by Crippen LogP contribution is 2.27. The van der Waals surface area contributed by atoms with Crippen molar-refractivity contribution < 1.29 is 4.39 Å². The van der Waals surface area contributed by atoms with E-state index in [-0.39, 0.29) is 11.5 Å². The molecule has 0 amide bonds. The smallest absolute Gasteiger partial charge is 0.206 e. The van der Waals surface area contributed by atoms with E-state index < -0.39 is 5.82 Å². The molecule has 0 saturated carbocycles. The molecule has 2 aromatic carbocycles. The summed E-state index contributed by atoms with van der Waals surface area (Å²) >= 11 is 0. The maximum Gasteiger partial charge on any atom is 0.206 e. The van der Waals surface area contributed by atoms with Crippen LogP contribution in [0.25, 0.3) is 16.7 Å². The molecule has 0 bridgehead atoms. The van der Waals surface area contributed by atoms with Crippen molar-refractivity contribution in [3.8, 4) is 11.8 Å². The zero-order valence-electron chi connectivity index (χ0n) is 10.8. The van der Waals surface area contributed by atoms with Gasteiger partial charge in [0.2, 0.25) is 5.95 Å². The maximum absolute atomic E-state index is 14.2. The van der Waals surface area contributed by atoms with Crippen LogP contribution in [-0.2, 0) is 0 Å². The number of hydrogen-bond acceptors (Lipinski definition) is 3. The molecule has 1 aromatic heterocycles. The summed E-state index contributed by atoms with van der Waals surface area (Å²) in [6.07, 6.45) is 0. The van der Waals surface area contributed by atoms with E-state index in [0.717, 1.165) is 11.1 Å². The average molecular weight is 266 g/mol. The number of aromatic nitrogens is 2. The lowest BCUT2D eigenvalue weighted by atomic mass is 10.2. The number of halogens is 1. The predicted molar refractivity (Wildman–Crippen MR) is 74.9 cm³/mol. The first-order chi connectivity index (χ1) is 9.61. The number of aryl methyl sites for hydroxylation is 1. The van der Waals surface area contributed by atoms with Crippen molar-refractivity contribution in [2.24, 2.45) is 0 Å². The van der Waals surface area contributed by atoms with Gasteiger partial charge in [-0.1, -0.05) is 12.1 Å². The maximum atomic E-state index is 14.2. The normalized spacial score (nSPS) is 10.7. The fourth-order valence-corrected chi connectivity index (χ4v) is 2.31.